The van der Waals surface area contributed by atoms with Crippen LogP contribution in [-0.4, -0.2) is 58.1 Å². The number of nitriles is 1. The second-order valence-electron chi connectivity index (χ2n) is 5.02. The lowest BCUT2D eigenvalue weighted by Crippen LogP contribution is -2.43. The van der Waals surface area contributed by atoms with E-state index in [2.05, 4.69) is 18.0 Å². The summed E-state index contributed by atoms with van der Waals surface area (Å²) in [5.74, 6) is -1.28. The van der Waals surface area contributed by atoms with Gasteiger partial charge in [-0.3, -0.25) is 0 Å². The zero-order valence-corrected chi connectivity index (χ0v) is 14.1. The quantitative estimate of drug-likeness (QED) is 0.201. The summed E-state index contributed by atoms with van der Waals surface area (Å²) in [6.07, 6.45) is 2.21. The predicted octanol–water partition coefficient (Wildman–Crippen LogP) is 1.30. The largest absolute Gasteiger partial charge is 0.462 e. The third-order valence-corrected chi connectivity index (χ3v) is 2.90. The number of nitrogens with zero attached hydrogens (tertiary/aromatic N) is 2. The highest BCUT2D eigenvalue weighted by atomic mass is 16.6. The second-order valence-corrected chi connectivity index (χ2v) is 5.02. The van der Waals surface area contributed by atoms with Crippen LogP contribution in [-0.2, 0) is 28.5 Å². The fraction of sp³-hybridized carbons (Fsp3) is 0.529. The van der Waals surface area contributed by atoms with Crippen LogP contribution in [0.2, 0.25) is 0 Å². The maximum Gasteiger partial charge on any atom is 0.330 e. The molecule has 0 fully saturated rings. The lowest BCUT2D eigenvalue weighted by atomic mass is 9.92. The highest BCUT2D eigenvalue weighted by Crippen LogP contribution is 2.21. The van der Waals surface area contributed by atoms with Crippen LogP contribution in [0.1, 0.15) is 6.42 Å². The van der Waals surface area contributed by atoms with E-state index < -0.39 is 17.4 Å². The topological polar surface area (TPSA) is 99.2 Å². The molecule has 0 aromatic heterocycles. The van der Waals surface area contributed by atoms with Crippen LogP contribution in [0.4, 0.5) is 0 Å². The number of carbonyl (C=O) groups excluding carboxylic acids is 2. The summed E-state index contributed by atoms with van der Waals surface area (Å²) in [6, 6.07) is 1.95. The summed E-state index contributed by atoms with van der Waals surface area (Å²) in [6.45, 7) is 13.7. The number of carbonyl (C=O) groups is 2. The number of ether oxygens (including phenoxy) is 4. The molecular weight excluding hydrogens is 328 g/mol. The Balaban J connectivity index is 5.04. The van der Waals surface area contributed by atoms with Crippen LogP contribution >= 0.6 is 0 Å². The summed E-state index contributed by atoms with van der Waals surface area (Å²) in [5.41, 5.74) is -0.977. The van der Waals surface area contributed by atoms with Gasteiger partial charge < -0.3 is 23.8 Å². The zero-order chi connectivity index (χ0) is 19.0. The van der Waals surface area contributed by atoms with Crippen LogP contribution in [0.15, 0.2) is 25.3 Å². The first kappa shape index (κ1) is 22.3. The number of rotatable bonds is 14. The van der Waals surface area contributed by atoms with Crippen LogP contribution in [0.5, 0.6) is 0 Å². The van der Waals surface area contributed by atoms with Gasteiger partial charge in [-0.25, -0.2) is 16.2 Å². The molecule has 8 heteroatoms. The molecule has 0 aliphatic rings. The first-order valence-electron chi connectivity index (χ1n) is 7.47. The Morgan fingerprint density at radius 1 is 1.04 bits per heavy atom. The Bertz CT molecular complexity index is 484. The standard InChI is InChI=1S/C17H22N2O6/c1-4-15(20)24-13-17(11-22-9-6-7-18,12-23-10-8-19-3)14-25-16(21)5-2/h4-5H,1-2,6,8-14H2. The first-order valence-corrected chi connectivity index (χ1v) is 7.47. The average molecular weight is 350 g/mol. The van der Waals surface area contributed by atoms with Gasteiger partial charge in [-0.15, -0.1) is 0 Å². The summed E-state index contributed by atoms with van der Waals surface area (Å²) in [5, 5.41) is 8.57. The van der Waals surface area contributed by atoms with Gasteiger partial charge in [-0.1, -0.05) is 13.2 Å². The lowest BCUT2D eigenvalue weighted by molar-refractivity contribution is -0.156. The summed E-state index contributed by atoms with van der Waals surface area (Å²) in [4.78, 5) is 25.9. The maximum absolute atomic E-state index is 11.4. The monoisotopic (exact) mass is 350 g/mol. The van der Waals surface area contributed by atoms with E-state index in [0.29, 0.717) is 0 Å². The molecule has 136 valence electrons. The van der Waals surface area contributed by atoms with E-state index in [1.54, 1.807) is 0 Å². The molecule has 0 unspecified atom stereocenters. The minimum Gasteiger partial charge on any atom is -0.462 e. The van der Waals surface area contributed by atoms with E-state index in [1.807, 2.05) is 6.07 Å². The Morgan fingerprint density at radius 2 is 1.56 bits per heavy atom. The van der Waals surface area contributed by atoms with Gasteiger partial charge in [0.1, 0.15) is 19.8 Å². The van der Waals surface area contributed by atoms with Crippen LogP contribution in [0.3, 0.4) is 0 Å². The number of hydrogen-bond acceptors (Lipinski definition) is 7. The van der Waals surface area contributed by atoms with Crippen LogP contribution in [0, 0.1) is 23.3 Å². The van der Waals surface area contributed by atoms with Crippen molar-refractivity contribution in [3.8, 4) is 6.07 Å². The first-order chi connectivity index (χ1) is 12.0. The van der Waals surface area contributed by atoms with Gasteiger partial charge in [0.05, 0.1) is 37.7 Å². The molecule has 0 N–H and O–H groups in total. The minimum atomic E-state index is -0.977. The molecule has 0 rings (SSSR count). The molecule has 0 aromatic rings. The van der Waals surface area contributed by atoms with Gasteiger partial charge in [-0.2, -0.15) is 5.26 Å². The maximum atomic E-state index is 11.4. The Hall–Kier alpha value is -2.68. The third kappa shape index (κ3) is 10.7. The normalized spacial score (nSPS) is 10.2. The molecule has 25 heavy (non-hydrogen) atoms. The van der Waals surface area contributed by atoms with E-state index in [4.69, 9.17) is 30.8 Å². The van der Waals surface area contributed by atoms with E-state index in [0.717, 1.165) is 12.2 Å². The molecule has 0 saturated carbocycles. The van der Waals surface area contributed by atoms with Crippen molar-refractivity contribution >= 4 is 11.9 Å². The van der Waals surface area contributed by atoms with Crippen molar-refractivity contribution < 1.29 is 28.5 Å². The van der Waals surface area contributed by atoms with E-state index in [-0.39, 0.29) is 52.6 Å². The van der Waals surface area contributed by atoms with E-state index in [1.165, 1.54) is 0 Å². The molecule has 0 heterocycles. The molecule has 0 saturated heterocycles. The average Bonchev–Trinajstić information content (AvgIpc) is 2.64. The summed E-state index contributed by atoms with van der Waals surface area (Å²) < 4.78 is 21.0. The van der Waals surface area contributed by atoms with Gasteiger partial charge in [0, 0.05) is 12.2 Å². The molecular formula is C17H22N2O6. The SMILES string of the molecule is [C-]#[N+]CCOCC(COCCC#N)(COC(=O)C=C)COC(=O)C=C. The molecule has 0 atom stereocenters. The van der Waals surface area contributed by atoms with Crippen molar-refractivity contribution in [3.63, 3.8) is 0 Å². The van der Waals surface area contributed by atoms with Gasteiger partial charge in [0.15, 0.2) is 0 Å². The van der Waals surface area contributed by atoms with Gasteiger partial charge in [0.25, 0.3) is 0 Å². The number of esters is 2. The Labute approximate surface area is 147 Å². The van der Waals surface area contributed by atoms with E-state index >= 15 is 0 Å². The molecule has 0 aliphatic heterocycles. The summed E-state index contributed by atoms with van der Waals surface area (Å²) >= 11 is 0. The van der Waals surface area contributed by atoms with Crippen molar-refractivity contribution in [1.29, 1.82) is 5.26 Å². The molecule has 0 spiro atoms. The highest BCUT2D eigenvalue weighted by molar-refractivity contribution is 5.81. The van der Waals surface area contributed by atoms with Crippen molar-refractivity contribution in [3.05, 3.63) is 36.7 Å². The molecule has 0 aromatic carbocycles. The van der Waals surface area contributed by atoms with Crippen LogP contribution < -0.4 is 0 Å². The highest BCUT2D eigenvalue weighted by Gasteiger charge is 2.35. The Morgan fingerprint density at radius 3 is 2.00 bits per heavy atom. The molecule has 8 nitrogen and oxygen atoms in total. The van der Waals surface area contributed by atoms with E-state index in [9.17, 15) is 9.59 Å². The van der Waals surface area contributed by atoms with Crippen molar-refractivity contribution in [2.45, 2.75) is 6.42 Å². The van der Waals surface area contributed by atoms with Gasteiger partial charge >= 0.3 is 11.9 Å². The molecule has 0 amide bonds. The Kier molecular flexibility index (Phi) is 12.3. The number of hydrogen-bond donors (Lipinski definition) is 0. The fourth-order valence-electron chi connectivity index (χ4n) is 1.62. The molecule has 0 radical (unpaired) electrons. The summed E-state index contributed by atoms with van der Waals surface area (Å²) in [7, 11) is 0. The van der Waals surface area contributed by atoms with Gasteiger partial charge in [0.2, 0.25) is 6.54 Å². The van der Waals surface area contributed by atoms with Gasteiger partial charge in [-0.05, 0) is 0 Å². The molecule has 0 bridgehead atoms. The lowest BCUT2D eigenvalue weighted by Gasteiger charge is -2.31. The van der Waals surface area contributed by atoms with Crippen molar-refractivity contribution in [2.75, 3.05) is 46.2 Å². The second kappa shape index (κ2) is 13.7. The fourth-order valence-corrected chi connectivity index (χ4v) is 1.62. The minimum absolute atomic E-state index is 0.0293. The third-order valence-electron chi connectivity index (χ3n) is 2.90. The zero-order valence-electron chi connectivity index (χ0n) is 14.1. The predicted molar refractivity (Wildman–Crippen MR) is 88.1 cm³/mol. The smallest absolute Gasteiger partial charge is 0.330 e. The van der Waals surface area contributed by atoms with Crippen molar-refractivity contribution in [1.82, 2.24) is 0 Å². The molecule has 0 aliphatic carbocycles. The van der Waals surface area contributed by atoms with Crippen molar-refractivity contribution in [2.24, 2.45) is 5.41 Å². The van der Waals surface area contributed by atoms with Crippen LogP contribution in [0.25, 0.3) is 4.85 Å².